The Hall–Kier alpha value is -2.12. The third-order valence-corrected chi connectivity index (χ3v) is 2.26. The van der Waals surface area contributed by atoms with Crippen LogP contribution >= 0.6 is 0 Å². The van der Waals surface area contributed by atoms with Crippen LogP contribution < -0.4 is 20.3 Å². The van der Waals surface area contributed by atoms with Crippen molar-refractivity contribution in [3.63, 3.8) is 0 Å². The molecule has 0 unspecified atom stereocenters. The fourth-order valence-electron chi connectivity index (χ4n) is 1.25. The smallest absolute Gasteiger partial charge is 0.323 e. The molecule has 0 saturated heterocycles. The lowest BCUT2D eigenvalue weighted by molar-refractivity contribution is -0.119. The number of likely N-dealkylation sites (N-methyl/N-ethyl adjacent to an activating group) is 2. The van der Waals surface area contributed by atoms with E-state index in [1.54, 1.807) is 26.0 Å². The molecule has 0 spiro atoms. The Morgan fingerprint density at radius 1 is 1.32 bits per heavy atom. The van der Waals surface area contributed by atoms with Crippen molar-refractivity contribution in [1.82, 2.24) is 20.3 Å². The molecule has 1 aromatic rings. The quantitative estimate of drug-likeness (QED) is 0.712. The highest BCUT2D eigenvalue weighted by molar-refractivity contribution is 5.80. The van der Waals surface area contributed by atoms with Crippen molar-refractivity contribution < 1.29 is 9.53 Å². The van der Waals surface area contributed by atoms with Gasteiger partial charge in [-0.05, 0) is 6.42 Å². The summed E-state index contributed by atoms with van der Waals surface area (Å²) < 4.78 is 5.39. The Labute approximate surface area is 112 Å². The molecule has 1 heterocycles. The summed E-state index contributed by atoms with van der Waals surface area (Å²) in [6, 6.07) is 0.250. The number of nitrogens with zero attached hydrogens (tertiary/aromatic N) is 4. The van der Waals surface area contributed by atoms with Gasteiger partial charge >= 0.3 is 6.01 Å². The highest BCUT2D eigenvalue weighted by Gasteiger charge is 2.12. The second kappa shape index (κ2) is 7.34. The molecule has 0 bridgehead atoms. The van der Waals surface area contributed by atoms with E-state index >= 15 is 0 Å². The third-order valence-electron chi connectivity index (χ3n) is 2.26. The number of hydrogen-bond acceptors (Lipinski definition) is 7. The second-order valence-corrected chi connectivity index (χ2v) is 3.87. The van der Waals surface area contributed by atoms with Gasteiger partial charge in [-0.1, -0.05) is 6.92 Å². The van der Waals surface area contributed by atoms with Gasteiger partial charge in [0.2, 0.25) is 17.8 Å². The van der Waals surface area contributed by atoms with Gasteiger partial charge in [-0.3, -0.25) is 4.79 Å². The predicted molar refractivity (Wildman–Crippen MR) is 72.5 cm³/mol. The van der Waals surface area contributed by atoms with Crippen LogP contribution in [0.2, 0.25) is 0 Å². The molecule has 0 aliphatic rings. The first kappa shape index (κ1) is 14.9. The minimum atomic E-state index is -0.120. The van der Waals surface area contributed by atoms with Crippen molar-refractivity contribution in [2.45, 2.75) is 13.3 Å². The van der Waals surface area contributed by atoms with Crippen LogP contribution in [0.25, 0.3) is 0 Å². The minimum absolute atomic E-state index is 0.120. The molecule has 0 aliphatic heterocycles. The Balaban J connectivity index is 2.88. The van der Waals surface area contributed by atoms with Crippen molar-refractivity contribution in [1.29, 1.82) is 0 Å². The van der Waals surface area contributed by atoms with Gasteiger partial charge in [-0.15, -0.1) is 0 Å². The summed E-state index contributed by atoms with van der Waals surface area (Å²) in [7, 11) is 5.02. The molecular weight excluding hydrogens is 248 g/mol. The van der Waals surface area contributed by atoms with E-state index in [1.807, 2.05) is 6.92 Å². The summed E-state index contributed by atoms with van der Waals surface area (Å²) in [6.07, 6.45) is 0.865. The predicted octanol–water partition coefficient (Wildman–Crippen LogP) is -0.116. The largest absolute Gasteiger partial charge is 0.463 e. The van der Waals surface area contributed by atoms with E-state index in [9.17, 15) is 4.79 Å². The molecule has 8 nitrogen and oxygen atoms in total. The molecule has 19 heavy (non-hydrogen) atoms. The average Bonchev–Trinajstić information content (AvgIpc) is 2.44. The maximum Gasteiger partial charge on any atom is 0.323 e. The summed E-state index contributed by atoms with van der Waals surface area (Å²) in [6.45, 7) is 2.70. The monoisotopic (exact) mass is 268 g/mol. The molecule has 8 heteroatoms. The highest BCUT2D eigenvalue weighted by Crippen LogP contribution is 2.13. The van der Waals surface area contributed by atoms with Crippen LogP contribution in [0, 0.1) is 0 Å². The number of aromatic nitrogens is 3. The van der Waals surface area contributed by atoms with Crippen LogP contribution in [0.4, 0.5) is 11.9 Å². The lowest BCUT2D eigenvalue weighted by Gasteiger charge is -2.17. The summed E-state index contributed by atoms with van der Waals surface area (Å²) >= 11 is 0. The normalized spacial score (nSPS) is 9.89. The third kappa shape index (κ3) is 4.57. The van der Waals surface area contributed by atoms with Crippen molar-refractivity contribution in [3.05, 3.63) is 0 Å². The number of carbonyl (C=O) groups excluding carboxylic acids is 1. The first-order chi connectivity index (χ1) is 9.10. The van der Waals surface area contributed by atoms with Gasteiger partial charge in [0.15, 0.2) is 0 Å². The molecule has 0 aliphatic carbocycles. The number of nitrogens with one attached hydrogen (secondary N) is 2. The van der Waals surface area contributed by atoms with E-state index in [2.05, 4.69) is 25.6 Å². The molecule has 0 saturated carbocycles. The van der Waals surface area contributed by atoms with E-state index < -0.39 is 0 Å². The van der Waals surface area contributed by atoms with Gasteiger partial charge in [0.05, 0.1) is 13.2 Å². The number of hydrogen-bond donors (Lipinski definition) is 2. The molecule has 1 aromatic heterocycles. The minimum Gasteiger partial charge on any atom is -0.463 e. The summed E-state index contributed by atoms with van der Waals surface area (Å²) in [4.78, 5) is 25.4. The number of rotatable bonds is 7. The van der Waals surface area contributed by atoms with Gasteiger partial charge < -0.3 is 20.3 Å². The van der Waals surface area contributed by atoms with E-state index in [0.717, 1.165) is 6.42 Å². The van der Waals surface area contributed by atoms with Crippen LogP contribution in [-0.2, 0) is 4.79 Å². The van der Waals surface area contributed by atoms with E-state index in [-0.39, 0.29) is 18.5 Å². The Morgan fingerprint density at radius 3 is 2.63 bits per heavy atom. The Bertz CT molecular complexity index is 426. The zero-order valence-electron chi connectivity index (χ0n) is 11.7. The van der Waals surface area contributed by atoms with Gasteiger partial charge in [-0.25, -0.2) is 0 Å². The van der Waals surface area contributed by atoms with Gasteiger partial charge in [0.25, 0.3) is 0 Å². The van der Waals surface area contributed by atoms with E-state index in [4.69, 9.17) is 4.74 Å². The Kier molecular flexibility index (Phi) is 5.77. The van der Waals surface area contributed by atoms with Crippen molar-refractivity contribution >= 4 is 17.8 Å². The highest BCUT2D eigenvalue weighted by atomic mass is 16.5. The second-order valence-electron chi connectivity index (χ2n) is 3.87. The van der Waals surface area contributed by atoms with Gasteiger partial charge in [-0.2, -0.15) is 15.0 Å². The molecule has 2 N–H and O–H groups in total. The molecule has 0 radical (unpaired) electrons. The molecule has 0 aromatic carbocycles. The molecule has 0 fully saturated rings. The van der Waals surface area contributed by atoms with E-state index in [1.165, 1.54) is 0 Å². The molecular formula is C11H20N6O2. The fourth-order valence-corrected chi connectivity index (χ4v) is 1.25. The SMILES string of the molecule is CCCOc1nc(NC)nc(N(C)CC(=O)NC)n1. The lowest BCUT2D eigenvalue weighted by atomic mass is 10.5. The molecule has 1 amide bonds. The van der Waals surface area contributed by atoms with Crippen molar-refractivity contribution in [3.8, 4) is 6.01 Å². The maximum absolute atomic E-state index is 11.3. The average molecular weight is 268 g/mol. The lowest BCUT2D eigenvalue weighted by Crippen LogP contribution is -2.34. The van der Waals surface area contributed by atoms with Crippen LogP contribution in [0.3, 0.4) is 0 Å². The topological polar surface area (TPSA) is 92.3 Å². The molecule has 1 rings (SSSR count). The number of ether oxygens (including phenoxy) is 1. The number of amides is 1. The first-order valence-electron chi connectivity index (χ1n) is 6.09. The Morgan fingerprint density at radius 2 is 2.05 bits per heavy atom. The van der Waals surface area contributed by atoms with Crippen LogP contribution in [0.5, 0.6) is 6.01 Å². The number of carbonyl (C=O) groups is 1. The summed E-state index contributed by atoms with van der Waals surface area (Å²) in [5.74, 6) is 0.666. The van der Waals surface area contributed by atoms with Crippen LogP contribution in [-0.4, -0.2) is 55.2 Å². The molecule has 106 valence electrons. The molecule has 0 atom stereocenters. The van der Waals surface area contributed by atoms with Gasteiger partial charge in [0.1, 0.15) is 0 Å². The zero-order valence-corrected chi connectivity index (χ0v) is 11.7. The van der Waals surface area contributed by atoms with Crippen molar-refractivity contribution in [2.75, 3.05) is 44.5 Å². The summed E-state index contributed by atoms with van der Waals surface area (Å²) in [5, 5.41) is 5.38. The van der Waals surface area contributed by atoms with Crippen molar-refractivity contribution in [2.24, 2.45) is 0 Å². The number of anilines is 2. The van der Waals surface area contributed by atoms with Crippen LogP contribution in [0.1, 0.15) is 13.3 Å². The van der Waals surface area contributed by atoms with Gasteiger partial charge in [0, 0.05) is 21.1 Å². The van der Waals surface area contributed by atoms with Crippen LogP contribution in [0.15, 0.2) is 0 Å². The standard InChI is InChI=1S/C11H20N6O2/c1-5-6-19-11-15-9(13-3)14-10(16-11)17(4)7-8(18)12-2/h5-7H2,1-4H3,(H,12,18)(H,13,14,15,16). The zero-order chi connectivity index (χ0) is 14.3. The summed E-state index contributed by atoms with van der Waals surface area (Å²) in [5.41, 5.74) is 0. The maximum atomic E-state index is 11.3. The fraction of sp³-hybridized carbons (Fsp3) is 0.636. The first-order valence-corrected chi connectivity index (χ1v) is 6.09. The van der Waals surface area contributed by atoms with E-state index in [0.29, 0.717) is 18.5 Å².